The van der Waals surface area contributed by atoms with Gasteiger partial charge < -0.3 is 0 Å². The van der Waals surface area contributed by atoms with E-state index in [9.17, 15) is 0 Å². The van der Waals surface area contributed by atoms with E-state index in [-0.39, 0.29) is 0 Å². The van der Waals surface area contributed by atoms with E-state index in [1.165, 1.54) is 0 Å². The van der Waals surface area contributed by atoms with Gasteiger partial charge in [-0.3, -0.25) is 4.57 Å². The van der Waals surface area contributed by atoms with Crippen molar-refractivity contribution in [3.63, 3.8) is 0 Å². The summed E-state index contributed by atoms with van der Waals surface area (Å²) in [7, 11) is 0. The smallest absolute Gasteiger partial charge is 0.115 e. The van der Waals surface area contributed by atoms with Crippen LogP contribution in [0.15, 0.2) is 42.5 Å². The van der Waals surface area contributed by atoms with Crippen LogP contribution in [0.3, 0.4) is 0 Å². The molecule has 102 valence electrons. The number of rotatable bonds is 3. The number of hydrogen-bond acceptors (Lipinski definition) is 1. The van der Waals surface area contributed by atoms with Gasteiger partial charge in [-0.05, 0) is 36.4 Å². The lowest BCUT2D eigenvalue weighted by atomic mass is 10.2. The molecule has 0 fully saturated rings. The molecular weight excluding hydrogens is 315 g/mol. The zero-order valence-electron chi connectivity index (χ0n) is 10.5. The van der Waals surface area contributed by atoms with Crippen LogP contribution < -0.4 is 0 Å². The molecule has 2 nitrogen and oxygen atoms in total. The number of aryl methyl sites for hydroxylation is 1. The molecule has 1 aromatic heterocycles. The number of halogens is 3. The van der Waals surface area contributed by atoms with E-state index in [4.69, 9.17) is 34.8 Å². The van der Waals surface area contributed by atoms with Crippen molar-refractivity contribution in [1.29, 1.82) is 0 Å². The maximum Gasteiger partial charge on any atom is 0.115 e. The van der Waals surface area contributed by atoms with Gasteiger partial charge in [-0.2, -0.15) is 0 Å². The number of fused-ring (bicyclic) bond motifs is 1. The normalized spacial score (nSPS) is 11.2. The van der Waals surface area contributed by atoms with E-state index >= 15 is 0 Å². The predicted octanol–water partition coefficient (Wildman–Crippen LogP) is 5.11. The molecule has 0 amide bonds. The maximum atomic E-state index is 6.09. The molecule has 0 saturated heterocycles. The summed E-state index contributed by atoms with van der Waals surface area (Å²) < 4.78 is 2.07. The molecule has 20 heavy (non-hydrogen) atoms. The van der Waals surface area contributed by atoms with Gasteiger partial charge in [0, 0.05) is 28.0 Å². The van der Waals surface area contributed by atoms with E-state index in [1.54, 1.807) is 0 Å². The van der Waals surface area contributed by atoms with Crippen LogP contribution >= 0.6 is 34.8 Å². The van der Waals surface area contributed by atoms with Gasteiger partial charge in [0.1, 0.15) is 5.82 Å². The van der Waals surface area contributed by atoms with Gasteiger partial charge in [0.05, 0.1) is 11.0 Å². The van der Waals surface area contributed by atoms with Crippen LogP contribution in [0.25, 0.3) is 16.7 Å². The van der Waals surface area contributed by atoms with Gasteiger partial charge in [-0.15, -0.1) is 11.6 Å². The topological polar surface area (TPSA) is 17.8 Å². The first-order chi connectivity index (χ1) is 9.69. The Labute approximate surface area is 131 Å². The highest BCUT2D eigenvalue weighted by atomic mass is 35.5. The van der Waals surface area contributed by atoms with Crippen molar-refractivity contribution < 1.29 is 0 Å². The first-order valence-corrected chi connectivity index (χ1v) is 7.47. The first kappa shape index (κ1) is 13.7. The van der Waals surface area contributed by atoms with E-state index in [0.29, 0.717) is 22.3 Å². The number of benzene rings is 2. The molecule has 5 heteroatoms. The molecule has 0 saturated carbocycles. The number of alkyl halides is 1. The maximum absolute atomic E-state index is 6.09. The molecule has 0 radical (unpaired) electrons. The Hall–Kier alpha value is -1.22. The largest absolute Gasteiger partial charge is 0.296 e. The summed E-state index contributed by atoms with van der Waals surface area (Å²) in [5.74, 6) is 1.41. The van der Waals surface area contributed by atoms with Gasteiger partial charge in [0.25, 0.3) is 0 Å². The van der Waals surface area contributed by atoms with Crippen LogP contribution in [0.1, 0.15) is 5.82 Å². The Bertz CT molecular complexity index is 765. The fourth-order valence-corrected chi connectivity index (χ4v) is 2.78. The average molecular weight is 326 g/mol. The van der Waals surface area contributed by atoms with Crippen molar-refractivity contribution in [3.05, 3.63) is 58.3 Å². The average Bonchev–Trinajstić information content (AvgIpc) is 2.76. The molecular formula is C15H11Cl3N2. The van der Waals surface area contributed by atoms with Gasteiger partial charge in [0.15, 0.2) is 0 Å². The monoisotopic (exact) mass is 324 g/mol. The number of nitrogens with zero attached hydrogens (tertiary/aromatic N) is 2. The highest BCUT2D eigenvalue weighted by Crippen LogP contribution is 2.26. The van der Waals surface area contributed by atoms with Crippen molar-refractivity contribution in [1.82, 2.24) is 9.55 Å². The van der Waals surface area contributed by atoms with Crippen molar-refractivity contribution in [2.75, 3.05) is 5.88 Å². The summed E-state index contributed by atoms with van der Waals surface area (Å²) in [5, 5.41) is 1.36. The zero-order chi connectivity index (χ0) is 14.1. The van der Waals surface area contributed by atoms with Gasteiger partial charge in [-0.25, -0.2) is 4.98 Å². The summed E-state index contributed by atoms with van der Waals surface area (Å²) in [5.41, 5.74) is 2.83. The zero-order valence-corrected chi connectivity index (χ0v) is 12.8. The molecule has 0 aliphatic carbocycles. The highest BCUT2D eigenvalue weighted by Gasteiger charge is 2.12. The first-order valence-electron chi connectivity index (χ1n) is 6.18. The molecule has 0 spiro atoms. The van der Waals surface area contributed by atoms with E-state index < -0.39 is 0 Å². The van der Waals surface area contributed by atoms with Crippen LogP contribution in [0.5, 0.6) is 0 Å². The minimum absolute atomic E-state index is 0.512. The molecule has 1 heterocycles. The van der Waals surface area contributed by atoms with E-state index in [0.717, 1.165) is 22.5 Å². The van der Waals surface area contributed by atoms with Crippen molar-refractivity contribution in [2.45, 2.75) is 6.42 Å². The lowest BCUT2D eigenvalue weighted by molar-refractivity contribution is 0.912. The summed E-state index contributed by atoms with van der Waals surface area (Å²) in [4.78, 5) is 4.62. The summed E-state index contributed by atoms with van der Waals surface area (Å²) in [6.45, 7) is 0. The molecule has 0 unspecified atom stereocenters. The number of hydrogen-bond donors (Lipinski definition) is 0. The van der Waals surface area contributed by atoms with Crippen LogP contribution in [-0.4, -0.2) is 15.4 Å². The molecule has 3 aromatic rings. The van der Waals surface area contributed by atoms with Gasteiger partial charge >= 0.3 is 0 Å². The SMILES string of the molecule is ClCCc1nc2cc(Cl)ccc2n1-c1cccc(Cl)c1. The van der Waals surface area contributed by atoms with E-state index in [1.807, 2.05) is 42.5 Å². The minimum Gasteiger partial charge on any atom is -0.296 e. The fourth-order valence-electron chi connectivity index (χ4n) is 2.26. The van der Waals surface area contributed by atoms with Gasteiger partial charge in [-0.1, -0.05) is 29.3 Å². The third kappa shape index (κ3) is 2.51. The quantitative estimate of drug-likeness (QED) is 0.612. The summed E-state index contributed by atoms with van der Waals surface area (Å²) >= 11 is 18.0. The number of imidazole rings is 1. The molecule has 0 N–H and O–H groups in total. The summed E-state index contributed by atoms with van der Waals surface area (Å²) in [6, 6.07) is 13.4. The van der Waals surface area contributed by atoms with E-state index in [2.05, 4.69) is 9.55 Å². The molecule has 3 rings (SSSR count). The van der Waals surface area contributed by atoms with Crippen molar-refractivity contribution in [2.24, 2.45) is 0 Å². The molecule has 2 aromatic carbocycles. The van der Waals surface area contributed by atoms with Gasteiger partial charge in [0.2, 0.25) is 0 Å². The Morgan fingerprint density at radius 1 is 1.00 bits per heavy atom. The second-order valence-corrected chi connectivity index (χ2v) is 5.67. The predicted molar refractivity (Wildman–Crippen MR) is 85.5 cm³/mol. The van der Waals surface area contributed by atoms with Crippen molar-refractivity contribution >= 4 is 45.8 Å². The second-order valence-electron chi connectivity index (χ2n) is 4.42. The van der Waals surface area contributed by atoms with Crippen molar-refractivity contribution in [3.8, 4) is 5.69 Å². The molecule has 0 aliphatic rings. The Morgan fingerprint density at radius 2 is 1.80 bits per heavy atom. The number of aromatic nitrogens is 2. The second kappa shape index (κ2) is 5.65. The molecule has 0 aliphatic heterocycles. The molecule has 0 atom stereocenters. The van der Waals surface area contributed by atoms with Crippen LogP contribution in [0, 0.1) is 0 Å². The fraction of sp³-hybridized carbons (Fsp3) is 0.133. The Balaban J connectivity index is 2.28. The Morgan fingerprint density at radius 3 is 2.55 bits per heavy atom. The van der Waals surface area contributed by atoms with Crippen LogP contribution in [0.4, 0.5) is 0 Å². The minimum atomic E-state index is 0.512. The third-order valence-corrected chi connectivity index (χ3v) is 3.73. The van der Waals surface area contributed by atoms with Crippen LogP contribution in [0.2, 0.25) is 10.0 Å². The van der Waals surface area contributed by atoms with Crippen LogP contribution in [-0.2, 0) is 6.42 Å². The molecule has 0 bridgehead atoms. The Kier molecular flexibility index (Phi) is 3.88. The highest BCUT2D eigenvalue weighted by molar-refractivity contribution is 6.31. The standard InChI is InChI=1S/C15H11Cl3N2/c16-7-6-15-19-13-9-11(18)4-5-14(13)20(15)12-3-1-2-10(17)8-12/h1-5,8-9H,6-7H2. The third-order valence-electron chi connectivity index (χ3n) is 3.07. The lowest BCUT2D eigenvalue weighted by Gasteiger charge is -2.09. The summed E-state index contributed by atoms with van der Waals surface area (Å²) in [6.07, 6.45) is 0.681. The lowest BCUT2D eigenvalue weighted by Crippen LogP contribution is -2.02.